The highest BCUT2D eigenvalue weighted by atomic mass is 32.2. The van der Waals surface area contributed by atoms with E-state index < -0.39 is 0 Å². The SMILES string of the molecule is CC(SCc1ccc(CO)cc1)C(=O)NC(C)(C)C. The van der Waals surface area contributed by atoms with Crippen molar-refractivity contribution in [2.75, 3.05) is 0 Å². The number of rotatable bonds is 5. The molecule has 0 radical (unpaired) electrons. The molecule has 0 fully saturated rings. The zero-order chi connectivity index (χ0) is 14.5. The van der Waals surface area contributed by atoms with Gasteiger partial charge in [-0.25, -0.2) is 0 Å². The summed E-state index contributed by atoms with van der Waals surface area (Å²) < 4.78 is 0. The van der Waals surface area contributed by atoms with Crippen molar-refractivity contribution in [2.24, 2.45) is 0 Å². The maximum absolute atomic E-state index is 11.9. The molecule has 19 heavy (non-hydrogen) atoms. The summed E-state index contributed by atoms with van der Waals surface area (Å²) in [5.74, 6) is 0.870. The molecule has 0 saturated heterocycles. The molecule has 1 unspecified atom stereocenters. The van der Waals surface area contributed by atoms with E-state index in [2.05, 4.69) is 5.32 Å². The Balaban J connectivity index is 2.44. The second-order valence-corrected chi connectivity index (χ2v) is 7.00. The van der Waals surface area contributed by atoms with Gasteiger partial charge in [0, 0.05) is 11.3 Å². The van der Waals surface area contributed by atoms with Crippen molar-refractivity contribution in [3.8, 4) is 0 Å². The summed E-state index contributed by atoms with van der Waals surface area (Å²) in [6, 6.07) is 7.81. The fraction of sp³-hybridized carbons (Fsp3) is 0.533. The maximum atomic E-state index is 11.9. The molecular weight excluding hydrogens is 258 g/mol. The third-order valence-electron chi connectivity index (χ3n) is 2.57. The number of hydrogen-bond acceptors (Lipinski definition) is 3. The van der Waals surface area contributed by atoms with Crippen molar-refractivity contribution in [1.82, 2.24) is 5.32 Å². The Bertz CT molecular complexity index is 409. The van der Waals surface area contributed by atoms with Gasteiger partial charge < -0.3 is 10.4 Å². The summed E-state index contributed by atoms with van der Waals surface area (Å²) >= 11 is 1.62. The monoisotopic (exact) mass is 281 g/mol. The van der Waals surface area contributed by atoms with Crippen molar-refractivity contribution in [3.63, 3.8) is 0 Å². The zero-order valence-electron chi connectivity index (χ0n) is 12.1. The quantitative estimate of drug-likeness (QED) is 0.872. The molecule has 106 valence electrons. The van der Waals surface area contributed by atoms with E-state index in [4.69, 9.17) is 5.11 Å². The van der Waals surface area contributed by atoms with E-state index in [1.807, 2.05) is 52.0 Å². The third-order valence-corrected chi connectivity index (χ3v) is 3.79. The maximum Gasteiger partial charge on any atom is 0.233 e. The average Bonchev–Trinajstić information content (AvgIpc) is 2.34. The lowest BCUT2D eigenvalue weighted by Gasteiger charge is -2.23. The fourth-order valence-corrected chi connectivity index (χ4v) is 2.35. The van der Waals surface area contributed by atoms with Gasteiger partial charge in [0.25, 0.3) is 0 Å². The van der Waals surface area contributed by atoms with Crippen LogP contribution in [0.1, 0.15) is 38.8 Å². The summed E-state index contributed by atoms with van der Waals surface area (Å²) in [5.41, 5.74) is 1.89. The van der Waals surface area contributed by atoms with Crippen LogP contribution in [0, 0.1) is 0 Å². The molecule has 0 saturated carbocycles. The van der Waals surface area contributed by atoms with Crippen molar-refractivity contribution >= 4 is 17.7 Å². The normalized spacial score (nSPS) is 13.1. The van der Waals surface area contributed by atoms with E-state index in [0.29, 0.717) is 0 Å². The lowest BCUT2D eigenvalue weighted by Crippen LogP contribution is -2.44. The lowest BCUT2D eigenvalue weighted by molar-refractivity contribution is -0.121. The van der Waals surface area contributed by atoms with Gasteiger partial charge in [0.2, 0.25) is 5.91 Å². The first-order chi connectivity index (χ1) is 8.81. The minimum atomic E-state index is -0.186. The molecule has 0 bridgehead atoms. The minimum absolute atomic E-state index is 0.0673. The molecule has 1 rings (SSSR count). The van der Waals surface area contributed by atoms with Crippen LogP contribution in [0.4, 0.5) is 0 Å². The van der Waals surface area contributed by atoms with Gasteiger partial charge in [-0.05, 0) is 38.8 Å². The number of benzene rings is 1. The first-order valence-electron chi connectivity index (χ1n) is 6.44. The van der Waals surface area contributed by atoms with Crippen molar-refractivity contribution in [3.05, 3.63) is 35.4 Å². The van der Waals surface area contributed by atoms with Gasteiger partial charge in [-0.1, -0.05) is 24.3 Å². The Kier molecular flexibility index (Phi) is 5.88. The summed E-state index contributed by atoms with van der Waals surface area (Å²) in [6.07, 6.45) is 0. The number of carbonyl (C=O) groups is 1. The summed E-state index contributed by atoms with van der Waals surface area (Å²) in [4.78, 5) is 11.9. The predicted molar refractivity (Wildman–Crippen MR) is 81.0 cm³/mol. The van der Waals surface area contributed by atoms with E-state index in [0.717, 1.165) is 16.9 Å². The van der Waals surface area contributed by atoms with Crippen LogP contribution in [0.3, 0.4) is 0 Å². The highest BCUT2D eigenvalue weighted by Gasteiger charge is 2.19. The molecule has 0 heterocycles. The van der Waals surface area contributed by atoms with Crippen molar-refractivity contribution < 1.29 is 9.90 Å². The van der Waals surface area contributed by atoms with Crippen LogP contribution in [0.15, 0.2) is 24.3 Å². The molecule has 1 atom stereocenters. The van der Waals surface area contributed by atoms with E-state index >= 15 is 0 Å². The topological polar surface area (TPSA) is 49.3 Å². The lowest BCUT2D eigenvalue weighted by atomic mass is 10.1. The van der Waals surface area contributed by atoms with E-state index in [1.54, 1.807) is 11.8 Å². The number of aliphatic hydroxyl groups excluding tert-OH is 1. The number of hydrogen-bond donors (Lipinski definition) is 2. The Morgan fingerprint density at radius 3 is 2.26 bits per heavy atom. The molecule has 1 aromatic carbocycles. The van der Waals surface area contributed by atoms with Gasteiger partial charge >= 0.3 is 0 Å². The number of thioether (sulfide) groups is 1. The second-order valence-electron chi connectivity index (χ2n) is 5.67. The molecule has 0 spiro atoms. The van der Waals surface area contributed by atoms with Crippen LogP contribution in [-0.2, 0) is 17.2 Å². The van der Waals surface area contributed by atoms with E-state index in [-0.39, 0.29) is 23.3 Å². The van der Waals surface area contributed by atoms with Gasteiger partial charge in [-0.15, -0.1) is 11.8 Å². The number of nitrogens with one attached hydrogen (secondary N) is 1. The highest BCUT2D eigenvalue weighted by Crippen LogP contribution is 2.19. The molecule has 4 heteroatoms. The molecule has 0 aliphatic carbocycles. The van der Waals surface area contributed by atoms with Crippen molar-refractivity contribution in [2.45, 2.75) is 50.8 Å². The summed E-state index contributed by atoms with van der Waals surface area (Å²) in [5, 5.41) is 11.9. The molecule has 0 aliphatic rings. The number of carbonyl (C=O) groups excluding carboxylic acids is 1. The molecule has 1 aromatic rings. The smallest absolute Gasteiger partial charge is 0.233 e. The van der Waals surface area contributed by atoms with Crippen molar-refractivity contribution in [1.29, 1.82) is 0 Å². The number of aliphatic hydroxyl groups is 1. The Morgan fingerprint density at radius 1 is 1.26 bits per heavy atom. The van der Waals surface area contributed by atoms with Gasteiger partial charge in [0.1, 0.15) is 0 Å². The second kappa shape index (κ2) is 6.96. The van der Waals surface area contributed by atoms with E-state index in [9.17, 15) is 4.79 Å². The van der Waals surface area contributed by atoms with Gasteiger partial charge in [0.15, 0.2) is 0 Å². The third kappa shape index (κ3) is 6.12. The van der Waals surface area contributed by atoms with Crippen LogP contribution in [-0.4, -0.2) is 21.8 Å². The van der Waals surface area contributed by atoms with Crippen LogP contribution in [0.2, 0.25) is 0 Å². The molecule has 2 N–H and O–H groups in total. The van der Waals surface area contributed by atoms with Crippen LogP contribution in [0.25, 0.3) is 0 Å². The summed E-state index contributed by atoms with van der Waals surface area (Å²) in [7, 11) is 0. The van der Waals surface area contributed by atoms with Gasteiger partial charge in [0.05, 0.1) is 11.9 Å². The van der Waals surface area contributed by atoms with Crippen LogP contribution < -0.4 is 5.32 Å². The van der Waals surface area contributed by atoms with Gasteiger partial charge in [-0.3, -0.25) is 4.79 Å². The van der Waals surface area contributed by atoms with E-state index in [1.165, 1.54) is 0 Å². The Morgan fingerprint density at radius 2 is 1.79 bits per heavy atom. The molecular formula is C15H23NO2S. The minimum Gasteiger partial charge on any atom is -0.392 e. The predicted octanol–water partition coefficient (Wildman–Crippen LogP) is 2.72. The Hall–Kier alpha value is -1.00. The molecule has 3 nitrogen and oxygen atoms in total. The van der Waals surface area contributed by atoms with Crippen LogP contribution >= 0.6 is 11.8 Å². The van der Waals surface area contributed by atoms with Crippen LogP contribution in [0.5, 0.6) is 0 Å². The molecule has 1 amide bonds. The summed E-state index contributed by atoms with van der Waals surface area (Å²) in [6.45, 7) is 7.94. The molecule has 0 aliphatic heterocycles. The highest BCUT2D eigenvalue weighted by molar-refractivity contribution is 7.99. The molecule has 0 aromatic heterocycles. The largest absolute Gasteiger partial charge is 0.392 e. The number of amides is 1. The average molecular weight is 281 g/mol. The standard InChI is InChI=1S/C15H23NO2S/c1-11(14(18)16-15(2,3)4)19-10-13-7-5-12(9-17)6-8-13/h5-8,11,17H,9-10H2,1-4H3,(H,16,18). The first-order valence-corrected chi connectivity index (χ1v) is 7.49. The zero-order valence-corrected chi connectivity index (χ0v) is 12.9. The fourth-order valence-electron chi connectivity index (χ4n) is 1.51. The van der Waals surface area contributed by atoms with Gasteiger partial charge in [-0.2, -0.15) is 0 Å². The Labute approximate surface area is 119 Å². The first kappa shape index (κ1) is 16.1.